The van der Waals surface area contributed by atoms with E-state index in [0.29, 0.717) is 0 Å². The molecule has 0 saturated carbocycles. The number of fused-ring (bicyclic) bond motifs is 5. The van der Waals surface area contributed by atoms with Crippen molar-refractivity contribution in [2.75, 3.05) is 0 Å². The zero-order chi connectivity index (χ0) is 36.3. The fourth-order valence-corrected chi connectivity index (χ4v) is 8.49. The number of para-hydroxylation sites is 2. The highest BCUT2D eigenvalue weighted by Gasteiger charge is 2.19. The van der Waals surface area contributed by atoms with Crippen molar-refractivity contribution in [3.8, 4) is 50.7 Å². The molecule has 2 heterocycles. The second-order valence-corrected chi connectivity index (χ2v) is 14.1. The molecular weight excluding hydrogens is 667 g/mol. The summed E-state index contributed by atoms with van der Waals surface area (Å²) in [6, 6.07) is 71.6. The number of benzene rings is 9. The molecule has 0 aliphatic heterocycles. The van der Waals surface area contributed by atoms with E-state index in [2.05, 4.69) is 199 Å². The molecule has 0 N–H and O–H groups in total. The van der Waals surface area contributed by atoms with E-state index in [0.717, 1.165) is 39.5 Å². The van der Waals surface area contributed by atoms with Gasteiger partial charge in [0.15, 0.2) is 5.82 Å². The predicted molar refractivity (Wildman–Crippen MR) is 231 cm³/mol. The summed E-state index contributed by atoms with van der Waals surface area (Å²) in [5.74, 6) is 0.812. The molecule has 0 atom stereocenters. The van der Waals surface area contributed by atoms with Crippen LogP contribution < -0.4 is 0 Å². The van der Waals surface area contributed by atoms with Gasteiger partial charge in [-0.2, -0.15) is 0 Å². The summed E-state index contributed by atoms with van der Waals surface area (Å²) >= 11 is 0. The van der Waals surface area contributed by atoms with Crippen molar-refractivity contribution >= 4 is 54.1 Å². The number of imidazole rings is 1. The normalized spacial score (nSPS) is 11.6. The first-order valence-electron chi connectivity index (χ1n) is 18.7. The van der Waals surface area contributed by atoms with E-state index in [1.807, 2.05) is 6.07 Å². The molecule has 0 amide bonds. The van der Waals surface area contributed by atoms with E-state index in [-0.39, 0.29) is 0 Å². The molecule has 0 aliphatic rings. The molecular formula is C52H33N3. The molecule has 0 spiro atoms. The summed E-state index contributed by atoms with van der Waals surface area (Å²) in [4.78, 5) is 10.4. The van der Waals surface area contributed by atoms with E-state index in [9.17, 15) is 0 Å². The summed E-state index contributed by atoms with van der Waals surface area (Å²) in [5.41, 5.74) is 10.8. The first kappa shape index (κ1) is 31.2. The van der Waals surface area contributed by atoms with Gasteiger partial charge in [-0.3, -0.25) is 4.57 Å². The minimum absolute atomic E-state index is 0.812. The quantitative estimate of drug-likeness (QED) is 0.167. The standard InChI is InChI=1S/C52H33N3/c1-2-15-37-33-38(28-27-34(37)13-1)51-44-20-7-5-18-42(44)50(43-19-6-8-21-45(43)51)36-29-31-39(32-30-36)55-49-26-10-9-23-47(49)54-52(55)48-25-12-24-46(53-48)41-22-11-16-35-14-3-4-17-40(35)41/h1-33H. The van der Waals surface area contributed by atoms with Crippen molar-refractivity contribution in [2.24, 2.45) is 0 Å². The molecule has 9 aromatic carbocycles. The van der Waals surface area contributed by atoms with Crippen LogP contribution >= 0.6 is 0 Å². The van der Waals surface area contributed by atoms with Crippen LogP contribution in [-0.2, 0) is 0 Å². The van der Waals surface area contributed by atoms with Crippen LogP contribution in [0.3, 0.4) is 0 Å². The lowest BCUT2D eigenvalue weighted by Gasteiger charge is -2.18. The Labute approximate surface area is 318 Å². The number of hydrogen-bond donors (Lipinski definition) is 0. The van der Waals surface area contributed by atoms with E-state index >= 15 is 0 Å². The van der Waals surface area contributed by atoms with E-state index in [1.54, 1.807) is 0 Å². The molecule has 55 heavy (non-hydrogen) atoms. The Morgan fingerprint density at radius 2 is 0.891 bits per heavy atom. The van der Waals surface area contributed by atoms with Crippen molar-refractivity contribution in [3.63, 3.8) is 0 Å². The number of hydrogen-bond acceptors (Lipinski definition) is 2. The smallest absolute Gasteiger partial charge is 0.164 e. The third-order valence-electron chi connectivity index (χ3n) is 11.0. The van der Waals surface area contributed by atoms with Crippen LogP contribution in [0.25, 0.3) is 105 Å². The Balaban J connectivity index is 1.07. The van der Waals surface area contributed by atoms with Crippen LogP contribution in [0.5, 0.6) is 0 Å². The van der Waals surface area contributed by atoms with Crippen LogP contribution in [0.4, 0.5) is 0 Å². The van der Waals surface area contributed by atoms with Crippen LogP contribution in [0.1, 0.15) is 0 Å². The molecule has 3 heteroatoms. The van der Waals surface area contributed by atoms with Crippen LogP contribution in [0, 0.1) is 0 Å². The summed E-state index contributed by atoms with van der Waals surface area (Å²) in [7, 11) is 0. The molecule has 0 aliphatic carbocycles. The van der Waals surface area contributed by atoms with E-state index in [4.69, 9.17) is 9.97 Å². The monoisotopic (exact) mass is 699 g/mol. The third-order valence-corrected chi connectivity index (χ3v) is 11.0. The molecule has 0 fully saturated rings. The second kappa shape index (κ2) is 12.6. The third kappa shape index (κ3) is 5.13. The van der Waals surface area contributed by atoms with Crippen molar-refractivity contribution < 1.29 is 0 Å². The summed E-state index contributed by atoms with van der Waals surface area (Å²) in [6.07, 6.45) is 0. The molecule has 256 valence electrons. The van der Waals surface area contributed by atoms with E-state index in [1.165, 1.54) is 65.3 Å². The maximum absolute atomic E-state index is 5.24. The van der Waals surface area contributed by atoms with Crippen molar-refractivity contribution in [1.29, 1.82) is 0 Å². The minimum atomic E-state index is 0.812. The topological polar surface area (TPSA) is 30.7 Å². The Kier molecular flexibility index (Phi) is 7.17. The molecule has 11 aromatic rings. The Bertz CT molecular complexity index is 3200. The highest BCUT2D eigenvalue weighted by molar-refractivity contribution is 6.21. The fourth-order valence-electron chi connectivity index (χ4n) is 8.49. The number of aromatic nitrogens is 3. The van der Waals surface area contributed by atoms with E-state index < -0.39 is 0 Å². The second-order valence-electron chi connectivity index (χ2n) is 14.1. The number of pyridine rings is 1. The Hall–Kier alpha value is -7.36. The SMILES string of the molecule is c1cc(-c2cccc3ccccc23)nc(-c2nc3ccccc3n2-c2ccc(-c3c4ccccc4c(-c4ccc5ccccc5c4)c4ccccc34)cc2)c1. The molecule has 0 saturated heterocycles. The van der Waals surface area contributed by atoms with Gasteiger partial charge >= 0.3 is 0 Å². The first-order valence-corrected chi connectivity index (χ1v) is 18.7. The molecule has 11 rings (SSSR count). The summed E-state index contributed by atoms with van der Waals surface area (Å²) in [6.45, 7) is 0. The summed E-state index contributed by atoms with van der Waals surface area (Å²) < 4.78 is 2.24. The number of nitrogens with zero attached hydrogens (tertiary/aromatic N) is 3. The van der Waals surface area contributed by atoms with Crippen LogP contribution in [0.15, 0.2) is 200 Å². The lowest BCUT2D eigenvalue weighted by Crippen LogP contribution is -2.00. The van der Waals surface area contributed by atoms with Gasteiger partial charge in [0.2, 0.25) is 0 Å². The predicted octanol–water partition coefficient (Wildman–Crippen LogP) is 13.7. The highest BCUT2D eigenvalue weighted by atomic mass is 15.1. The molecule has 3 nitrogen and oxygen atoms in total. The van der Waals surface area contributed by atoms with Gasteiger partial charge in [-0.1, -0.05) is 158 Å². The average Bonchev–Trinajstić information content (AvgIpc) is 3.65. The molecule has 0 bridgehead atoms. The van der Waals surface area contributed by atoms with Crippen molar-refractivity contribution in [1.82, 2.24) is 14.5 Å². The lowest BCUT2D eigenvalue weighted by atomic mass is 9.85. The first-order chi connectivity index (χ1) is 27.3. The van der Waals surface area contributed by atoms with Gasteiger partial charge in [-0.15, -0.1) is 0 Å². The van der Waals surface area contributed by atoms with Gasteiger partial charge in [0, 0.05) is 11.3 Å². The fraction of sp³-hybridized carbons (Fsp3) is 0. The largest absolute Gasteiger partial charge is 0.291 e. The van der Waals surface area contributed by atoms with Gasteiger partial charge in [0.05, 0.1) is 16.7 Å². The molecule has 0 unspecified atom stereocenters. The van der Waals surface area contributed by atoms with Gasteiger partial charge < -0.3 is 0 Å². The van der Waals surface area contributed by atoms with Gasteiger partial charge in [0.1, 0.15) is 5.69 Å². The Morgan fingerprint density at radius 3 is 1.64 bits per heavy atom. The molecule has 0 radical (unpaired) electrons. The zero-order valence-electron chi connectivity index (χ0n) is 29.9. The number of rotatable bonds is 5. The van der Waals surface area contributed by atoms with Crippen LogP contribution in [-0.4, -0.2) is 14.5 Å². The lowest BCUT2D eigenvalue weighted by molar-refractivity contribution is 1.08. The average molecular weight is 700 g/mol. The maximum Gasteiger partial charge on any atom is 0.164 e. The van der Waals surface area contributed by atoms with Gasteiger partial charge in [0.25, 0.3) is 0 Å². The van der Waals surface area contributed by atoms with Gasteiger partial charge in [-0.25, -0.2) is 9.97 Å². The zero-order valence-corrected chi connectivity index (χ0v) is 29.9. The Morgan fingerprint density at radius 1 is 0.345 bits per heavy atom. The highest BCUT2D eigenvalue weighted by Crippen LogP contribution is 2.44. The van der Waals surface area contributed by atoms with Crippen molar-refractivity contribution in [3.05, 3.63) is 200 Å². The van der Waals surface area contributed by atoms with Crippen molar-refractivity contribution in [2.45, 2.75) is 0 Å². The molecule has 2 aromatic heterocycles. The van der Waals surface area contributed by atoms with Gasteiger partial charge in [-0.05, 0) is 108 Å². The minimum Gasteiger partial charge on any atom is -0.291 e. The van der Waals surface area contributed by atoms with Crippen LogP contribution in [0.2, 0.25) is 0 Å². The maximum atomic E-state index is 5.24. The summed E-state index contributed by atoms with van der Waals surface area (Å²) in [5, 5.41) is 9.84.